The second kappa shape index (κ2) is 4.77. The molecule has 2 atom stereocenters. The van der Waals surface area contributed by atoms with Gasteiger partial charge >= 0.3 is 0 Å². The molecule has 0 aromatic heterocycles. The predicted octanol–water partition coefficient (Wildman–Crippen LogP) is 1.92. The Balaban J connectivity index is 1.96. The highest BCUT2D eigenvalue weighted by atomic mass is 127. The average Bonchev–Trinajstić information content (AvgIpc) is 3.18. The molecule has 0 radical (unpaired) electrons. The second-order valence-electron chi connectivity index (χ2n) is 5.19. The van der Waals surface area contributed by atoms with Crippen molar-refractivity contribution in [1.29, 1.82) is 0 Å². The van der Waals surface area contributed by atoms with Gasteiger partial charge in [0.2, 0.25) is 5.91 Å². The molecule has 2 fully saturated rings. The predicted molar refractivity (Wildman–Crippen MR) is 80.8 cm³/mol. The van der Waals surface area contributed by atoms with Gasteiger partial charge in [-0.3, -0.25) is 14.5 Å². The van der Waals surface area contributed by atoms with Crippen LogP contribution in [0.5, 0.6) is 0 Å². The summed E-state index contributed by atoms with van der Waals surface area (Å²) in [7, 11) is 0. The van der Waals surface area contributed by atoms with Crippen LogP contribution in [-0.2, 0) is 9.59 Å². The molecule has 3 rings (SSSR count). The first-order valence-electron chi connectivity index (χ1n) is 6.47. The van der Waals surface area contributed by atoms with Gasteiger partial charge < -0.3 is 5.32 Å². The molecule has 1 N–H and O–H groups in total. The lowest BCUT2D eigenvalue weighted by Gasteiger charge is -2.37. The van der Waals surface area contributed by atoms with Gasteiger partial charge in [0.15, 0.2) is 0 Å². The maximum atomic E-state index is 12.6. The van der Waals surface area contributed by atoms with Crippen molar-refractivity contribution in [3.8, 4) is 0 Å². The van der Waals surface area contributed by atoms with Crippen LogP contribution in [0.4, 0.5) is 5.69 Å². The molecule has 1 aromatic carbocycles. The Labute approximate surface area is 125 Å². The summed E-state index contributed by atoms with van der Waals surface area (Å²) in [6.45, 7) is 1.77. The van der Waals surface area contributed by atoms with E-state index in [0.29, 0.717) is 5.92 Å². The standard InChI is InChI=1S/C14H15IN2O2/c1-8-13(18)16-12(9-5-6-9)14(19)17(8)11-4-2-3-10(15)7-11/h2-4,7-9,12H,5-6H2,1H3,(H,16,18). The van der Waals surface area contributed by atoms with Gasteiger partial charge in [-0.25, -0.2) is 0 Å². The molecule has 0 spiro atoms. The zero-order valence-corrected chi connectivity index (χ0v) is 12.8. The fourth-order valence-electron chi connectivity index (χ4n) is 2.52. The largest absolute Gasteiger partial charge is 0.342 e. The number of halogens is 1. The normalized spacial score (nSPS) is 27.4. The summed E-state index contributed by atoms with van der Waals surface area (Å²) in [5.74, 6) is 0.293. The lowest BCUT2D eigenvalue weighted by molar-refractivity contribution is -0.133. The lowest BCUT2D eigenvalue weighted by Crippen LogP contribution is -2.63. The number of benzene rings is 1. The van der Waals surface area contributed by atoms with Crippen LogP contribution in [0.3, 0.4) is 0 Å². The molecule has 1 saturated heterocycles. The van der Waals surface area contributed by atoms with Crippen molar-refractivity contribution in [2.45, 2.75) is 31.8 Å². The van der Waals surface area contributed by atoms with E-state index in [1.54, 1.807) is 11.8 Å². The van der Waals surface area contributed by atoms with E-state index >= 15 is 0 Å². The lowest BCUT2D eigenvalue weighted by atomic mass is 10.0. The number of hydrogen-bond acceptors (Lipinski definition) is 2. The molecule has 19 heavy (non-hydrogen) atoms. The van der Waals surface area contributed by atoms with Crippen LogP contribution in [0, 0.1) is 9.49 Å². The zero-order chi connectivity index (χ0) is 13.6. The Kier molecular flexibility index (Phi) is 3.24. The third-order valence-corrected chi connectivity index (χ3v) is 4.42. The van der Waals surface area contributed by atoms with Crippen molar-refractivity contribution >= 4 is 40.1 Å². The van der Waals surface area contributed by atoms with Gasteiger partial charge in [0, 0.05) is 9.26 Å². The van der Waals surface area contributed by atoms with Gasteiger partial charge in [-0.05, 0) is 66.5 Å². The number of hydrogen-bond donors (Lipinski definition) is 1. The van der Waals surface area contributed by atoms with E-state index in [1.807, 2.05) is 24.3 Å². The van der Waals surface area contributed by atoms with E-state index in [2.05, 4.69) is 27.9 Å². The highest BCUT2D eigenvalue weighted by Crippen LogP contribution is 2.36. The van der Waals surface area contributed by atoms with Gasteiger partial charge in [0.05, 0.1) is 0 Å². The Morgan fingerprint density at radius 1 is 1.32 bits per heavy atom. The van der Waals surface area contributed by atoms with E-state index in [4.69, 9.17) is 0 Å². The van der Waals surface area contributed by atoms with Gasteiger partial charge in [-0.1, -0.05) is 6.07 Å². The molecule has 100 valence electrons. The van der Waals surface area contributed by atoms with Crippen LogP contribution >= 0.6 is 22.6 Å². The van der Waals surface area contributed by atoms with Crippen LogP contribution in [0.1, 0.15) is 19.8 Å². The topological polar surface area (TPSA) is 49.4 Å². The maximum absolute atomic E-state index is 12.6. The van der Waals surface area contributed by atoms with E-state index in [-0.39, 0.29) is 17.9 Å². The Morgan fingerprint density at radius 3 is 2.68 bits per heavy atom. The minimum absolute atomic E-state index is 0.0246. The highest BCUT2D eigenvalue weighted by molar-refractivity contribution is 14.1. The zero-order valence-electron chi connectivity index (χ0n) is 10.6. The number of carbonyl (C=O) groups is 2. The summed E-state index contributed by atoms with van der Waals surface area (Å²) >= 11 is 2.21. The van der Waals surface area contributed by atoms with Gasteiger partial charge in [-0.15, -0.1) is 0 Å². The third kappa shape index (κ3) is 2.35. The smallest absolute Gasteiger partial charge is 0.250 e. The fourth-order valence-corrected chi connectivity index (χ4v) is 3.05. The monoisotopic (exact) mass is 370 g/mol. The molecule has 2 aliphatic rings. The number of nitrogens with zero attached hydrogens (tertiary/aromatic N) is 1. The number of anilines is 1. The van der Waals surface area contributed by atoms with Crippen molar-refractivity contribution in [3.05, 3.63) is 27.8 Å². The van der Waals surface area contributed by atoms with Crippen molar-refractivity contribution < 1.29 is 9.59 Å². The maximum Gasteiger partial charge on any atom is 0.250 e. The van der Waals surface area contributed by atoms with Crippen molar-refractivity contribution in [2.75, 3.05) is 4.90 Å². The Hall–Kier alpha value is -1.11. The number of carbonyl (C=O) groups excluding carboxylic acids is 2. The first kappa shape index (κ1) is 12.9. The van der Waals surface area contributed by atoms with E-state index < -0.39 is 6.04 Å². The molecule has 1 aliphatic carbocycles. The minimum atomic E-state index is -0.444. The van der Waals surface area contributed by atoms with E-state index in [0.717, 1.165) is 22.1 Å². The summed E-state index contributed by atoms with van der Waals surface area (Å²) in [4.78, 5) is 26.3. The molecular weight excluding hydrogens is 355 g/mol. The first-order valence-corrected chi connectivity index (χ1v) is 7.55. The molecule has 1 aromatic rings. The van der Waals surface area contributed by atoms with Crippen LogP contribution in [0.2, 0.25) is 0 Å². The molecule has 1 heterocycles. The van der Waals surface area contributed by atoms with Crippen LogP contribution < -0.4 is 10.2 Å². The summed E-state index contributed by atoms with van der Waals surface area (Å²) in [6.07, 6.45) is 2.07. The minimum Gasteiger partial charge on any atom is -0.342 e. The summed E-state index contributed by atoms with van der Waals surface area (Å²) < 4.78 is 1.06. The number of piperazine rings is 1. The first-order chi connectivity index (χ1) is 9.08. The second-order valence-corrected chi connectivity index (χ2v) is 6.43. The van der Waals surface area contributed by atoms with E-state index in [9.17, 15) is 9.59 Å². The highest BCUT2D eigenvalue weighted by Gasteiger charge is 2.45. The van der Waals surface area contributed by atoms with E-state index in [1.165, 1.54) is 0 Å². The Bertz CT molecular complexity index is 542. The van der Waals surface area contributed by atoms with Gasteiger partial charge in [0.1, 0.15) is 12.1 Å². The summed E-state index contributed by atoms with van der Waals surface area (Å²) in [5, 5.41) is 2.86. The molecule has 2 unspecified atom stereocenters. The van der Waals surface area contributed by atoms with Gasteiger partial charge in [-0.2, -0.15) is 0 Å². The SMILES string of the molecule is CC1C(=O)NC(C2CC2)C(=O)N1c1cccc(I)c1. The molecule has 1 aliphatic heterocycles. The molecule has 0 bridgehead atoms. The summed E-state index contributed by atoms with van der Waals surface area (Å²) in [6, 6.07) is 6.94. The number of amides is 2. The van der Waals surface area contributed by atoms with Crippen LogP contribution in [0.15, 0.2) is 24.3 Å². The van der Waals surface area contributed by atoms with Crippen molar-refractivity contribution in [2.24, 2.45) is 5.92 Å². The Morgan fingerprint density at radius 2 is 2.05 bits per heavy atom. The van der Waals surface area contributed by atoms with Crippen LogP contribution in [-0.4, -0.2) is 23.9 Å². The molecular formula is C14H15IN2O2. The molecule has 4 nitrogen and oxygen atoms in total. The molecule has 1 saturated carbocycles. The van der Waals surface area contributed by atoms with Crippen molar-refractivity contribution in [3.63, 3.8) is 0 Å². The van der Waals surface area contributed by atoms with Crippen molar-refractivity contribution in [1.82, 2.24) is 5.32 Å². The number of rotatable bonds is 2. The quantitative estimate of drug-likeness (QED) is 0.809. The average molecular weight is 370 g/mol. The van der Waals surface area contributed by atoms with Gasteiger partial charge in [0.25, 0.3) is 5.91 Å². The molecule has 2 amide bonds. The van der Waals surface area contributed by atoms with Crippen LogP contribution in [0.25, 0.3) is 0 Å². The molecule has 5 heteroatoms. The number of nitrogens with one attached hydrogen (secondary N) is 1. The fraction of sp³-hybridized carbons (Fsp3) is 0.429. The summed E-state index contributed by atoms with van der Waals surface area (Å²) in [5.41, 5.74) is 0.810. The third-order valence-electron chi connectivity index (χ3n) is 3.75.